The molecule has 0 saturated heterocycles. The van der Waals surface area contributed by atoms with Gasteiger partial charge >= 0.3 is 12.1 Å². The molecule has 0 bridgehead atoms. The minimum Gasteiger partial charge on any atom is -0.449 e. The Morgan fingerprint density at radius 1 is 1.40 bits per heavy atom. The molecular formula is C12H8F3N3O2. The number of benzene rings is 1. The van der Waals surface area contributed by atoms with Crippen LogP contribution in [-0.4, -0.2) is 22.1 Å². The van der Waals surface area contributed by atoms with Crippen LogP contribution in [0.25, 0.3) is 11.0 Å². The fourth-order valence-electron chi connectivity index (χ4n) is 1.74. The number of alkyl halides is 3. The Hall–Kier alpha value is -2.56. The van der Waals surface area contributed by atoms with E-state index in [4.69, 9.17) is 5.26 Å². The van der Waals surface area contributed by atoms with E-state index in [-0.39, 0.29) is 11.0 Å². The molecule has 0 N–H and O–H groups in total. The number of ether oxygens (including phenoxy) is 1. The fourth-order valence-corrected chi connectivity index (χ4v) is 1.74. The molecule has 0 amide bonds. The highest BCUT2D eigenvalue weighted by Crippen LogP contribution is 2.31. The zero-order valence-electron chi connectivity index (χ0n) is 10.0. The molecule has 0 aliphatic heterocycles. The van der Waals surface area contributed by atoms with Crippen molar-refractivity contribution in [2.45, 2.75) is 12.7 Å². The number of carbonyl (C=O) groups is 1. The summed E-state index contributed by atoms with van der Waals surface area (Å²) in [5.74, 6) is -2.10. The molecule has 0 fully saturated rings. The second kappa shape index (κ2) is 5.21. The molecule has 5 nitrogen and oxygen atoms in total. The minimum absolute atomic E-state index is 0.132. The summed E-state index contributed by atoms with van der Waals surface area (Å²) in [6, 6.07) is 7.51. The van der Waals surface area contributed by atoms with Crippen molar-refractivity contribution in [1.29, 1.82) is 5.26 Å². The normalized spacial score (nSPS) is 11.3. The zero-order chi connectivity index (χ0) is 14.8. The summed E-state index contributed by atoms with van der Waals surface area (Å²) in [5, 5.41) is 8.27. The van der Waals surface area contributed by atoms with Crippen molar-refractivity contribution in [3.8, 4) is 6.07 Å². The number of rotatable bonds is 3. The number of hydrogen-bond donors (Lipinski definition) is 0. The van der Waals surface area contributed by atoms with E-state index in [1.54, 1.807) is 18.2 Å². The van der Waals surface area contributed by atoms with Crippen molar-refractivity contribution < 1.29 is 22.7 Å². The molecule has 8 heteroatoms. The van der Waals surface area contributed by atoms with Crippen LogP contribution in [0.15, 0.2) is 24.3 Å². The van der Waals surface area contributed by atoms with E-state index in [0.717, 1.165) is 4.57 Å². The highest BCUT2D eigenvalue weighted by atomic mass is 19.4. The molecule has 2 rings (SSSR count). The summed E-state index contributed by atoms with van der Waals surface area (Å²) in [4.78, 5) is 14.9. The first-order chi connectivity index (χ1) is 9.43. The summed E-state index contributed by atoms with van der Waals surface area (Å²) < 4.78 is 43.9. The van der Waals surface area contributed by atoms with E-state index in [0.29, 0.717) is 0 Å². The monoisotopic (exact) mass is 283 g/mol. The quantitative estimate of drug-likeness (QED) is 0.809. The van der Waals surface area contributed by atoms with E-state index < -0.39 is 31.1 Å². The molecular weight excluding hydrogens is 275 g/mol. The van der Waals surface area contributed by atoms with E-state index in [2.05, 4.69) is 9.72 Å². The van der Waals surface area contributed by atoms with Gasteiger partial charge in [0.2, 0.25) is 5.82 Å². The average Bonchev–Trinajstić information content (AvgIpc) is 2.75. The number of nitriles is 1. The Morgan fingerprint density at radius 2 is 2.10 bits per heavy atom. The summed E-state index contributed by atoms with van der Waals surface area (Å²) >= 11 is 0. The van der Waals surface area contributed by atoms with Gasteiger partial charge in [0.25, 0.3) is 0 Å². The average molecular weight is 283 g/mol. The molecule has 1 heterocycles. The molecule has 0 aliphatic carbocycles. The Labute approximate surface area is 111 Å². The van der Waals surface area contributed by atoms with Crippen molar-refractivity contribution in [3.05, 3.63) is 30.1 Å². The van der Waals surface area contributed by atoms with Crippen molar-refractivity contribution in [2.75, 3.05) is 6.61 Å². The Balaban J connectivity index is 2.44. The number of nitrogens with zero attached hydrogens (tertiary/aromatic N) is 3. The number of para-hydroxylation sites is 2. The molecule has 0 unspecified atom stereocenters. The van der Waals surface area contributed by atoms with Gasteiger partial charge in [-0.25, -0.2) is 4.98 Å². The molecule has 2 aromatic rings. The molecule has 0 radical (unpaired) electrons. The van der Waals surface area contributed by atoms with Crippen LogP contribution in [0.4, 0.5) is 13.2 Å². The SMILES string of the molecule is N#CCOC(=O)Cn1c(C(F)(F)F)nc2ccccc21. The standard InChI is InChI=1S/C12H8F3N3O2/c13-12(14,15)11-17-8-3-1-2-4-9(8)18(11)7-10(19)20-6-5-16/h1-4H,6-7H2. The Bertz CT molecular complexity index is 685. The molecule has 1 aromatic carbocycles. The van der Waals surface area contributed by atoms with Crippen LogP contribution in [0.1, 0.15) is 5.82 Å². The van der Waals surface area contributed by atoms with Crippen LogP contribution in [-0.2, 0) is 22.3 Å². The van der Waals surface area contributed by atoms with Crippen LogP contribution in [0, 0.1) is 11.3 Å². The lowest BCUT2D eigenvalue weighted by molar-refractivity contribution is -0.150. The van der Waals surface area contributed by atoms with Crippen molar-refractivity contribution in [2.24, 2.45) is 0 Å². The van der Waals surface area contributed by atoms with Gasteiger partial charge in [-0.05, 0) is 12.1 Å². The number of hydrogen-bond acceptors (Lipinski definition) is 4. The van der Waals surface area contributed by atoms with Gasteiger partial charge < -0.3 is 9.30 Å². The topological polar surface area (TPSA) is 67.9 Å². The Kier molecular flexibility index (Phi) is 3.61. The lowest BCUT2D eigenvalue weighted by atomic mass is 10.3. The lowest BCUT2D eigenvalue weighted by Gasteiger charge is -2.10. The lowest BCUT2D eigenvalue weighted by Crippen LogP contribution is -2.20. The van der Waals surface area contributed by atoms with Crippen LogP contribution >= 0.6 is 0 Å². The summed E-state index contributed by atoms with van der Waals surface area (Å²) in [6.07, 6.45) is -4.69. The largest absolute Gasteiger partial charge is 0.449 e. The molecule has 1 aromatic heterocycles. The molecule has 104 valence electrons. The smallest absolute Gasteiger partial charge is 0.449 e. The third-order valence-electron chi connectivity index (χ3n) is 2.49. The molecule has 0 atom stereocenters. The van der Waals surface area contributed by atoms with Gasteiger partial charge in [-0.1, -0.05) is 12.1 Å². The summed E-state index contributed by atoms with van der Waals surface area (Å²) in [6.45, 7) is -1.16. The molecule has 0 spiro atoms. The maximum atomic E-state index is 12.9. The van der Waals surface area contributed by atoms with Crippen LogP contribution in [0.3, 0.4) is 0 Å². The van der Waals surface area contributed by atoms with Gasteiger partial charge in [0, 0.05) is 0 Å². The van der Waals surface area contributed by atoms with Gasteiger partial charge in [-0.2, -0.15) is 18.4 Å². The third kappa shape index (κ3) is 2.71. The maximum Gasteiger partial charge on any atom is 0.449 e. The Morgan fingerprint density at radius 3 is 2.75 bits per heavy atom. The van der Waals surface area contributed by atoms with Crippen LogP contribution < -0.4 is 0 Å². The molecule has 0 aliphatic rings. The van der Waals surface area contributed by atoms with E-state index >= 15 is 0 Å². The highest BCUT2D eigenvalue weighted by molar-refractivity contribution is 5.79. The maximum absolute atomic E-state index is 12.9. The molecule has 20 heavy (non-hydrogen) atoms. The first-order valence-electron chi connectivity index (χ1n) is 5.48. The van der Waals surface area contributed by atoms with Gasteiger partial charge in [0.1, 0.15) is 12.6 Å². The first-order valence-corrected chi connectivity index (χ1v) is 5.48. The summed E-state index contributed by atoms with van der Waals surface area (Å²) in [7, 11) is 0. The predicted octanol–water partition coefficient (Wildman–Crippen LogP) is 2.12. The van der Waals surface area contributed by atoms with E-state index in [1.807, 2.05) is 0 Å². The number of aromatic nitrogens is 2. The number of fused-ring (bicyclic) bond motifs is 1. The van der Waals surface area contributed by atoms with E-state index in [1.165, 1.54) is 12.1 Å². The van der Waals surface area contributed by atoms with Gasteiger partial charge in [-0.15, -0.1) is 0 Å². The molecule has 0 saturated carbocycles. The van der Waals surface area contributed by atoms with Gasteiger partial charge in [0.05, 0.1) is 11.0 Å². The number of halogens is 3. The minimum atomic E-state index is -4.69. The zero-order valence-corrected chi connectivity index (χ0v) is 10.0. The predicted molar refractivity (Wildman–Crippen MR) is 61.3 cm³/mol. The van der Waals surface area contributed by atoms with Gasteiger partial charge in [0.15, 0.2) is 6.61 Å². The first kappa shape index (κ1) is 13.9. The fraction of sp³-hybridized carbons (Fsp3) is 0.250. The summed E-state index contributed by atoms with van der Waals surface area (Å²) in [5.41, 5.74) is 0.307. The van der Waals surface area contributed by atoms with Crippen LogP contribution in [0.5, 0.6) is 0 Å². The highest BCUT2D eigenvalue weighted by Gasteiger charge is 2.38. The number of carbonyl (C=O) groups excluding carboxylic acids is 1. The number of imidazole rings is 1. The second-order valence-corrected chi connectivity index (χ2v) is 3.83. The van der Waals surface area contributed by atoms with Crippen molar-refractivity contribution >= 4 is 17.0 Å². The van der Waals surface area contributed by atoms with Crippen LogP contribution in [0.2, 0.25) is 0 Å². The van der Waals surface area contributed by atoms with Crippen molar-refractivity contribution in [3.63, 3.8) is 0 Å². The van der Waals surface area contributed by atoms with Gasteiger partial charge in [-0.3, -0.25) is 4.79 Å². The van der Waals surface area contributed by atoms with E-state index in [9.17, 15) is 18.0 Å². The third-order valence-corrected chi connectivity index (χ3v) is 2.49. The van der Waals surface area contributed by atoms with Crippen molar-refractivity contribution in [1.82, 2.24) is 9.55 Å². The second-order valence-electron chi connectivity index (χ2n) is 3.83. The number of esters is 1.